The molecule has 32 heavy (non-hydrogen) atoms. The highest BCUT2D eigenvalue weighted by molar-refractivity contribution is 7.99. The first-order valence-corrected chi connectivity index (χ1v) is 11.7. The molecule has 1 N–H and O–H groups in total. The van der Waals surface area contributed by atoms with Crippen LogP contribution in [0.4, 0.5) is 0 Å². The lowest BCUT2D eigenvalue weighted by molar-refractivity contribution is -0.152. The van der Waals surface area contributed by atoms with Crippen molar-refractivity contribution in [1.82, 2.24) is 20.1 Å². The highest BCUT2D eigenvalue weighted by Crippen LogP contribution is 2.31. The van der Waals surface area contributed by atoms with E-state index in [4.69, 9.17) is 4.74 Å². The van der Waals surface area contributed by atoms with Crippen molar-refractivity contribution in [3.05, 3.63) is 60.7 Å². The summed E-state index contributed by atoms with van der Waals surface area (Å²) >= 11 is 1.30. The maximum Gasteiger partial charge on any atom is 0.331 e. The number of carbonyl (C=O) groups is 2. The molecule has 0 bridgehead atoms. The molecule has 0 radical (unpaired) electrons. The zero-order valence-electron chi connectivity index (χ0n) is 18.0. The van der Waals surface area contributed by atoms with Crippen LogP contribution in [0.1, 0.15) is 32.1 Å². The summed E-state index contributed by atoms with van der Waals surface area (Å²) in [5, 5.41) is 12.3. The number of benzene rings is 2. The Kier molecular flexibility index (Phi) is 6.90. The van der Waals surface area contributed by atoms with Crippen LogP contribution >= 0.6 is 11.8 Å². The molecule has 1 heterocycles. The zero-order valence-corrected chi connectivity index (χ0v) is 18.8. The molecule has 166 valence electrons. The Morgan fingerprint density at radius 1 is 1.00 bits per heavy atom. The summed E-state index contributed by atoms with van der Waals surface area (Å²) in [5.74, 6) is 0.247. The number of carbonyl (C=O) groups excluding carboxylic acids is 2. The van der Waals surface area contributed by atoms with Gasteiger partial charge in [-0.1, -0.05) is 79.6 Å². The molecule has 0 aliphatic heterocycles. The molecule has 0 spiro atoms. The number of rotatable bonds is 7. The Hall–Kier alpha value is -3.13. The van der Waals surface area contributed by atoms with E-state index >= 15 is 0 Å². The van der Waals surface area contributed by atoms with E-state index in [0.29, 0.717) is 23.8 Å². The highest BCUT2D eigenvalue weighted by Gasteiger charge is 2.41. The number of hydrogen-bond donors (Lipinski definition) is 1. The number of nitrogens with one attached hydrogen (secondary N) is 1. The molecule has 1 saturated carbocycles. The van der Waals surface area contributed by atoms with Crippen molar-refractivity contribution in [1.29, 1.82) is 0 Å². The van der Waals surface area contributed by atoms with Gasteiger partial charge in [0.1, 0.15) is 5.54 Å². The topological polar surface area (TPSA) is 86.1 Å². The van der Waals surface area contributed by atoms with Crippen molar-refractivity contribution in [3.63, 3.8) is 0 Å². The van der Waals surface area contributed by atoms with Crippen molar-refractivity contribution < 1.29 is 14.3 Å². The van der Waals surface area contributed by atoms with Crippen molar-refractivity contribution in [2.24, 2.45) is 0 Å². The van der Waals surface area contributed by atoms with E-state index in [1.807, 2.05) is 65.2 Å². The van der Waals surface area contributed by atoms with E-state index in [1.165, 1.54) is 18.9 Å². The molecule has 1 aromatic heterocycles. The maximum atomic E-state index is 12.8. The van der Waals surface area contributed by atoms with Gasteiger partial charge in [0.25, 0.3) is 0 Å². The van der Waals surface area contributed by atoms with Crippen LogP contribution in [0.5, 0.6) is 0 Å². The lowest BCUT2D eigenvalue weighted by Crippen LogP contribution is -2.56. The summed E-state index contributed by atoms with van der Waals surface area (Å²) in [6.45, 7) is 0. The van der Waals surface area contributed by atoms with Gasteiger partial charge in [-0.3, -0.25) is 9.36 Å². The third kappa shape index (κ3) is 4.70. The van der Waals surface area contributed by atoms with Crippen molar-refractivity contribution >= 4 is 23.6 Å². The Balaban J connectivity index is 1.55. The molecule has 7 nitrogen and oxygen atoms in total. The van der Waals surface area contributed by atoms with Crippen LogP contribution < -0.4 is 5.32 Å². The maximum absolute atomic E-state index is 12.8. The van der Waals surface area contributed by atoms with Gasteiger partial charge < -0.3 is 10.1 Å². The number of ether oxygens (including phenoxy) is 1. The van der Waals surface area contributed by atoms with Crippen LogP contribution in [-0.2, 0) is 14.3 Å². The van der Waals surface area contributed by atoms with Crippen LogP contribution in [0.2, 0.25) is 0 Å². The Morgan fingerprint density at radius 2 is 1.66 bits per heavy atom. The molecule has 1 amide bonds. The van der Waals surface area contributed by atoms with Crippen LogP contribution in [0, 0.1) is 0 Å². The quantitative estimate of drug-likeness (QED) is 0.432. The molecule has 2 aromatic carbocycles. The first kappa shape index (κ1) is 22.1. The molecule has 0 atom stereocenters. The fourth-order valence-electron chi connectivity index (χ4n) is 4.11. The Labute approximate surface area is 191 Å². The average molecular weight is 451 g/mol. The lowest BCUT2D eigenvalue weighted by Gasteiger charge is -2.35. The van der Waals surface area contributed by atoms with E-state index in [0.717, 1.165) is 30.5 Å². The second-order valence-electron chi connectivity index (χ2n) is 7.81. The minimum atomic E-state index is -0.924. The van der Waals surface area contributed by atoms with Crippen LogP contribution in [0.15, 0.2) is 65.8 Å². The predicted octanol–water partition coefficient (Wildman–Crippen LogP) is 4.02. The lowest BCUT2D eigenvalue weighted by atomic mass is 9.81. The molecule has 0 unspecified atom stereocenters. The number of nitrogens with zero attached hydrogens (tertiary/aromatic N) is 3. The minimum absolute atomic E-state index is 0.124. The summed E-state index contributed by atoms with van der Waals surface area (Å²) in [7, 11) is 1.37. The normalized spacial score (nSPS) is 15.2. The van der Waals surface area contributed by atoms with Crippen LogP contribution in [-0.4, -0.2) is 45.0 Å². The van der Waals surface area contributed by atoms with Gasteiger partial charge in [-0.25, -0.2) is 4.79 Å². The van der Waals surface area contributed by atoms with Gasteiger partial charge in [0, 0.05) is 11.3 Å². The van der Waals surface area contributed by atoms with Crippen molar-refractivity contribution in [2.45, 2.75) is 42.8 Å². The largest absolute Gasteiger partial charge is 0.467 e. The number of aromatic nitrogens is 3. The van der Waals surface area contributed by atoms with Gasteiger partial charge in [-0.2, -0.15) is 0 Å². The van der Waals surface area contributed by atoms with Crippen LogP contribution in [0.25, 0.3) is 17.1 Å². The summed E-state index contributed by atoms with van der Waals surface area (Å²) in [6.07, 6.45) is 4.06. The summed E-state index contributed by atoms with van der Waals surface area (Å²) in [4.78, 5) is 25.3. The molecular weight excluding hydrogens is 424 g/mol. The summed E-state index contributed by atoms with van der Waals surface area (Å²) in [6, 6.07) is 19.6. The van der Waals surface area contributed by atoms with Gasteiger partial charge in [0.15, 0.2) is 11.0 Å². The van der Waals surface area contributed by atoms with Crippen molar-refractivity contribution in [3.8, 4) is 17.1 Å². The molecular formula is C24H26N4O3S. The van der Waals surface area contributed by atoms with Gasteiger partial charge >= 0.3 is 5.97 Å². The van der Waals surface area contributed by atoms with E-state index in [-0.39, 0.29) is 17.6 Å². The van der Waals surface area contributed by atoms with Crippen LogP contribution in [0.3, 0.4) is 0 Å². The fourth-order valence-corrected chi connectivity index (χ4v) is 4.86. The molecule has 1 aliphatic carbocycles. The number of thioether (sulfide) groups is 1. The Morgan fingerprint density at radius 3 is 2.31 bits per heavy atom. The van der Waals surface area contributed by atoms with Crippen molar-refractivity contribution in [2.75, 3.05) is 12.9 Å². The number of para-hydroxylation sites is 1. The third-order valence-electron chi connectivity index (χ3n) is 5.67. The SMILES string of the molecule is COC(=O)C1(NC(=O)CSc2nnc(-c3ccccc3)n2-c2ccccc2)CCCCC1. The monoisotopic (exact) mass is 450 g/mol. The molecule has 0 saturated heterocycles. The van der Waals surface area contributed by atoms with Gasteiger partial charge in [0.2, 0.25) is 5.91 Å². The molecule has 3 aromatic rings. The first-order chi connectivity index (χ1) is 15.6. The summed E-state index contributed by atoms with van der Waals surface area (Å²) < 4.78 is 6.95. The van der Waals surface area contributed by atoms with E-state index in [1.54, 1.807) is 0 Å². The smallest absolute Gasteiger partial charge is 0.331 e. The van der Waals surface area contributed by atoms with Gasteiger partial charge in [-0.05, 0) is 25.0 Å². The predicted molar refractivity (Wildman–Crippen MR) is 123 cm³/mol. The minimum Gasteiger partial charge on any atom is -0.467 e. The second kappa shape index (κ2) is 9.99. The van der Waals surface area contributed by atoms with E-state index in [2.05, 4.69) is 15.5 Å². The summed E-state index contributed by atoms with van der Waals surface area (Å²) in [5.41, 5.74) is 0.928. The van der Waals surface area contributed by atoms with Gasteiger partial charge in [0.05, 0.1) is 12.9 Å². The zero-order chi connectivity index (χ0) is 22.4. The molecule has 1 aliphatic rings. The number of methoxy groups -OCH3 is 1. The third-order valence-corrected chi connectivity index (χ3v) is 6.60. The average Bonchev–Trinajstić information content (AvgIpc) is 3.28. The molecule has 4 rings (SSSR count). The molecule has 1 fully saturated rings. The van der Waals surface area contributed by atoms with Gasteiger partial charge in [-0.15, -0.1) is 10.2 Å². The fraction of sp³-hybridized carbons (Fsp3) is 0.333. The standard InChI is InChI=1S/C24H26N4O3S/c1-31-22(30)24(15-9-4-10-16-24)25-20(29)17-32-23-27-26-21(18-11-5-2-6-12-18)28(23)19-13-7-3-8-14-19/h2-3,5-8,11-14H,4,9-10,15-17H2,1H3,(H,25,29). The molecule has 8 heteroatoms. The number of amides is 1. The second-order valence-corrected chi connectivity index (χ2v) is 8.76. The first-order valence-electron chi connectivity index (χ1n) is 10.7. The number of esters is 1. The van der Waals surface area contributed by atoms with E-state index in [9.17, 15) is 9.59 Å². The number of hydrogen-bond acceptors (Lipinski definition) is 6. The van der Waals surface area contributed by atoms with E-state index < -0.39 is 5.54 Å². The highest BCUT2D eigenvalue weighted by atomic mass is 32.2. The Bertz CT molecular complexity index is 1060.